The van der Waals surface area contributed by atoms with E-state index < -0.39 is 12.1 Å². The van der Waals surface area contributed by atoms with E-state index in [0.717, 1.165) is 19.3 Å². The van der Waals surface area contributed by atoms with Gasteiger partial charge in [0.15, 0.2) is 12.1 Å². The number of unbranched alkanes of at least 4 members (excludes halogenated alkanes) is 3. The smallest absolute Gasteiger partial charge is 0.306 e. The van der Waals surface area contributed by atoms with Gasteiger partial charge in [0, 0.05) is 12.8 Å². The van der Waals surface area contributed by atoms with Crippen LogP contribution in [0.4, 0.5) is 0 Å². The summed E-state index contributed by atoms with van der Waals surface area (Å²) in [5.41, 5.74) is 0. The molecule has 2 saturated heterocycles. The number of aliphatic hydroxyl groups is 1. The zero-order valence-corrected chi connectivity index (χ0v) is 16.3. The van der Waals surface area contributed by atoms with Crippen molar-refractivity contribution < 1.29 is 28.8 Å². The van der Waals surface area contributed by atoms with Gasteiger partial charge < -0.3 is 24.1 Å². The third-order valence-electron chi connectivity index (χ3n) is 4.89. The maximum atomic E-state index is 12.3. The number of hydrogen-bond donors (Lipinski definition) is 1. The van der Waals surface area contributed by atoms with Crippen LogP contribution in [0.25, 0.3) is 0 Å². The van der Waals surface area contributed by atoms with E-state index in [0.29, 0.717) is 12.8 Å². The number of rotatable bonds is 10. The molecule has 1 N–H and O–H groups in total. The quantitative estimate of drug-likeness (QED) is 0.361. The highest BCUT2D eigenvalue weighted by atomic mass is 16.7. The monoisotopic (exact) mass is 370 g/mol. The second-order valence-electron chi connectivity index (χ2n) is 7.66. The molecule has 0 saturated carbocycles. The molecule has 2 rings (SSSR count). The summed E-state index contributed by atoms with van der Waals surface area (Å²) < 4.78 is 22.6. The van der Waals surface area contributed by atoms with Crippen LogP contribution in [0.5, 0.6) is 0 Å². The second-order valence-corrected chi connectivity index (χ2v) is 7.66. The van der Waals surface area contributed by atoms with Gasteiger partial charge in [-0.3, -0.25) is 4.79 Å². The van der Waals surface area contributed by atoms with Crippen LogP contribution in [-0.4, -0.2) is 47.6 Å². The SMILES string of the molecule is C=C[C@@H]1OC(C)(C)O[C@H]1CCC(=O)O[C@@H]1C[C@@H](O)O[C@@H]1CCCCCC. The topological polar surface area (TPSA) is 74.2 Å². The normalized spacial score (nSPS) is 33.3. The van der Waals surface area contributed by atoms with Gasteiger partial charge in [-0.15, -0.1) is 6.58 Å². The summed E-state index contributed by atoms with van der Waals surface area (Å²) in [6.07, 6.45) is 6.25. The van der Waals surface area contributed by atoms with Crippen molar-refractivity contribution in [2.24, 2.45) is 0 Å². The standard InChI is InChI=1S/C20H34O6/c1-5-7-8-9-10-15-17(13-19(22)23-15)24-18(21)12-11-16-14(6-2)25-20(3,4)26-16/h6,14-17,19,22H,2,5,7-13H2,1,3-4H3/t14-,15+,16-,17+,19-/m0/s1. The van der Waals surface area contributed by atoms with Crippen molar-refractivity contribution in [2.75, 3.05) is 0 Å². The fraction of sp³-hybridized carbons (Fsp3) is 0.850. The van der Waals surface area contributed by atoms with Gasteiger partial charge >= 0.3 is 5.97 Å². The van der Waals surface area contributed by atoms with Crippen molar-refractivity contribution in [3.8, 4) is 0 Å². The lowest BCUT2D eigenvalue weighted by Crippen LogP contribution is -2.28. The Kier molecular flexibility index (Phi) is 8.07. The number of carbonyl (C=O) groups is 1. The van der Waals surface area contributed by atoms with E-state index in [1.54, 1.807) is 6.08 Å². The molecule has 0 aromatic carbocycles. The van der Waals surface area contributed by atoms with Crippen LogP contribution in [0.15, 0.2) is 12.7 Å². The van der Waals surface area contributed by atoms with Crippen LogP contribution in [-0.2, 0) is 23.7 Å². The molecule has 2 fully saturated rings. The molecule has 0 bridgehead atoms. The molecule has 6 nitrogen and oxygen atoms in total. The summed E-state index contributed by atoms with van der Waals surface area (Å²) in [5, 5.41) is 9.75. The highest BCUT2D eigenvalue weighted by Crippen LogP contribution is 2.31. The van der Waals surface area contributed by atoms with E-state index in [1.807, 2.05) is 13.8 Å². The minimum Gasteiger partial charge on any atom is -0.459 e. The summed E-state index contributed by atoms with van der Waals surface area (Å²) in [4.78, 5) is 12.3. The van der Waals surface area contributed by atoms with Gasteiger partial charge in [0.25, 0.3) is 0 Å². The minimum absolute atomic E-state index is 0.203. The molecular formula is C20H34O6. The van der Waals surface area contributed by atoms with E-state index >= 15 is 0 Å². The Balaban J connectivity index is 1.76. The molecule has 0 radical (unpaired) electrons. The van der Waals surface area contributed by atoms with E-state index in [4.69, 9.17) is 18.9 Å². The predicted octanol–water partition coefficient (Wildman–Crippen LogP) is 3.46. The first kappa shape index (κ1) is 21.4. The van der Waals surface area contributed by atoms with Gasteiger partial charge in [-0.1, -0.05) is 38.7 Å². The molecule has 0 aromatic rings. The van der Waals surface area contributed by atoms with Gasteiger partial charge in [-0.05, 0) is 26.7 Å². The van der Waals surface area contributed by atoms with E-state index in [9.17, 15) is 9.90 Å². The molecule has 0 unspecified atom stereocenters. The lowest BCUT2D eigenvalue weighted by Gasteiger charge is -2.19. The van der Waals surface area contributed by atoms with E-state index in [-0.39, 0.29) is 36.8 Å². The highest BCUT2D eigenvalue weighted by Gasteiger charge is 2.40. The Bertz CT molecular complexity index is 463. The van der Waals surface area contributed by atoms with Crippen molar-refractivity contribution in [1.29, 1.82) is 0 Å². The lowest BCUT2D eigenvalue weighted by atomic mass is 10.0. The van der Waals surface area contributed by atoms with E-state index in [1.165, 1.54) is 12.8 Å². The minimum atomic E-state index is -0.846. The summed E-state index contributed by atoms with van der Waals surface area (Å²) in [5.74, 6) is -0.956. The third-order valence-corrected chi connectivity index (χ3v) is 4.89. The maximum absolute atomic E-state index is 12.3. The molecule has 150 valence electrons. The average molecular weight is 370 g/mol. The first-order chi connectivity index (χ1) is 12.3. The summed E-state index contributed by atoms with van der Waals surface area (Å²) >= 11 is 0. The highest BCUT2D eigenvalue weighted by molar-refractivity contribution is 5.69. The first-order valence-electron chi connectivity index (χ1n) is 9.86. The number of ether oxygens (including phenoxy) is 4. The maximum Gasteiger partial charge on any atom is 0.306 e. The van der Waals surface area contributed by atoms with Crippen LogP contribution in [0.3, 0.4) is 0 Å². The molecule has 5 atom stereocenters. The summed E-state index contributed by atoms with van der Waals surface area (Å²) in [6.45, 7) is 9.63. The van der Waals surface area contributed by atoms with Gasteiger partial charge in [-0.2, -0.15) is 0 Å². The van der Waals surface area contributed by atoms with Crippen molar-refractivity contribution >= 4 is 5.97 Å². The molecule has 2 heterocycles. The van der Waals surface area contributed by atoms with Crippen LogP contribution in [0.1, 0.15) is 72.1 Å². The molecule has 0 amide bonds. The zero-order chi connectivity index (χ0) is 19.2. The van der Waals surface area contributed by atoms with Crippen molar-refractivity contribution in [2.45, 2.75) is 109 Å². The van der Waals surface area contributed by atoms with Crippen molar-refractivity contribution in [3.63, 3.8) is 0 Å². The van der Waals surface area contributed by atoms with Crippen molar-refractivity contribution in [1.82, 2.24) is 0 Å². The molecule has 0 aromatic heterocycles. The summed E-state index contributed by atoms with van der Waals surface area (Å²) in [7, 11) is 0. The zero-order valence-electron chi connectivity index (χ0n) is 16.3. The largest absolute Gasteiger partial charge is 0.459 e. The number of carbonyl (C=O) groups excluding carboxylic acids is 1. The first-order valence-corrected chi connectivity index (χ1v) is 9.86. The fourth-order valence-corrected chi connectivity index (χ4v) is 3.62. The molecule has 6 heteroatoms. The Morgan fingerprint density at radius 1 is 1.23 bits per heavy atom. The molecule has 0 spiro atoms. The van der Waals surface area contributed by atoms with Gasteiger partial charge in [0.2, 0.25) is 0 Å². The lowest BCUT2D eigenvalue weighted by molar-refractivity contribution is -0.156. The van der Waals surface area contributed by atoms with Crippen LogP contribution in [0.2, 0.25) is 0 Å². The van der Waals surface area contributed by atoms with Crippen LogP contribution < -0.4 is 0 Å². The summed E-state index contributed by atoms with van der Waals surface area (Å²) in [6, 6.07) is 0. The second kappa shape index (κ2) is 9.83. The fourth-order valence-electron chi connectivity index (χ4n) is 3.62. The molecule has 2 aliphatic rings. The number of hydrogen-bond acceptors (Lipinski definition) is 6. The predicted molar refractivity (Wildman–Crippen MR) is 97.4 cm³/mol. The van der Waals surface area contributed by atoms with Gasteiger partial charge in [0.05, 0.1) is 12.2 Å². The Labute approximate surface area is 156 Å². The van der Waals surface area contributed by atoms with Gasteiger partial charge in [-0.25, -0.2) is 0 Å². The Morgan fingerprint density at radius 3 is 2.69 bits per heavy atom. The number of aliphatic hydroxyl groups excluding tert-OH is 1. The van der Waals surface area contributed by atoms with Crippen LogP contribution >= 0.6 is 0 Å². The Hall–Kier alpha value is -0.950. The molecule has 0 aliphatic carbocycles. The third kappa shape index (κ3) is 6.34. The number of esters is 1. The molecule has 2 aliphatic heterocycles. The Morgan fingerprint density at radius 2 is 2.00 bits per heavy atom. The average Bonchev–Trinajstić information content (AvgIpc) is 3.08. The van der Waals surface area contributed by atoms with E-state index in [2.05, 4.69) is 13.5 Å². The van der Waals surface area contributed by atoms with Gasteiger partial charge in [0.1, 0.15) is 12.2 Å². The van der Waals surface area contributed by atoms with Crippen LogP contribution in [0, 0.1) is 0 Å². The van der Waals surface area contributed by atoms with Crippen molar-refractivity contribution in [3.05, 3.63) is 12.7 Å². The molecular weight excluding hydrogens is 336 g/mol. The molecule has 26 heavy (non-hydrogen) atoms.